The van der Waals surface area contributed by atoms with Crippen LogP contribution in [0.2, 0.25) is 0 Å². The van der Waals surface area contributed by atoms with E-state index in [4.69, 9.17) is 9.47 Å². The number of carbonyl (C=O) groups excluding carboxylic acids is 2. The molecule has 0 radical (unpaired) electrons. The molecule has 7 heteroatoms. The van der Waals surface area contributed by atoms with Crippen molar-refractivity contribution in [2.45, 2.75) is 38.0 Å². The van der Waals surface area contributed by atoms with E-state index in [1.54, 1.807) is 17.8 Å². The number of thioether (sulfide) groups is 1. The molecule has 2 heterocycles. The fourth-order valence-corrected chi connectivity index (χ4v) is 4.07. The summed E-state index contributed by atoms with van der Waals surface area (Å²) in [5.41, 5.74) is 1.61. The number of ether oxygens (including phenoxy) is 2. The van der Waals surface area contributed by atoms with Gasteiger partial charge in [0.15, 0.2) is 5.79 Å². The van der Waals surface area contributed by atoms with Crippen LogP contribution < -0.4 is 5.32 Å². The molecule has 2 amide bonds. The van der Waals surface area contributed by atoms with E-state index in [9.17, 15) is 9.59 Å². The number of amides is 2. The molecule has 0 bridgehead atoms. The van der Waals surface area contributed by atoms with E-state index in [1.807, 2.05) is 36.3 Å². The third kappa shape index (κ3) is 5.03. The fourth-order valence-electron chi connectivity index (χ4n) is 3.59. The van der Waals surface area contributed by atoms with Crippen molar-refractivity contribution in [3.05, 3.63) is 35.4 Å². The van der Waals surface area contributed by atoms with Gasteiger partial charge in [-0.25, -0.2) is 0 Å². The summed E-state index contributed by atoms with van der Waals surface area (Å²) in [6.07, 6.45) is 3.98. The quantitative estimate of drug-likeness (QED) is 0.804. The number of nitrogens with zero attached hydrogens (tertiary/aromatic N) is 1. The van der Waals surface area contributed by atoms with Crippen LogP contribution in [-0.2, 0) is 14.3 Å². The van der Waals surface area contributed by atoms with Crippen LogP contribution in [0, 0.1) is 6.92 Å². The second kappa shape index (κ2) is 9.08. The molecule has 2 aliphatic heterocycles. The van der Waals surface area contributed by atoms with Gasteiger partial charge in [-0.2, -0.15) is 11.8 Å². The normalized spacial score (nSPS) is 19.9. The van der Waals surface area contributed by atoms with Gasteiger partial charge in [0.25, 0.3) is 5.91 Å². The lowest BCUT2D eigenvalue weighted by Crippen LogP contribution is -2.54. The first kappa shape index (κ1) is 20.2. The third-order valence-corrected chi connectivity index (χ3v) is 5.79. The number of hydrogen-bond donors (Lipinski definition) is 1. The Morgan fingerprint density at radius 1 is 1.26 bits per heavy atom. The summed E-state index contributed by atoms with van der Waals surface area (Å²) in [4.78, 5) is 27.5. The van der Waals surface area contributed by atoms with Crippen LogP contribution in [-0.4, -0.2) is 66.9 Å². The minimum Gasteiger partial charge on any atom is -0.347 e. The number of hydrogen-bond acceptors (Lipinski definition) is 5. The van der Waals surface area contributed by atoms with Crippen molar-refractivity contribution < 1.29 is 19.1 Å². The van der Waals surface area contributed by atoms with Crippen molar-refractivity contribution >= 4 is 23.6 Å². The highest BCUT2D eigenvalue weighted by Crippen LogP contribution is 2.31. The van der Waals surface area contributed by atoms with Gasteiger partial charge in [-0.15, -0.1) is 0 Å². The van der Waals surface area contributed by atoms with E-state index >= 15 is 0 Å². The highest BCUT2D eigenvalue weighted by molar-refractivity contribution is 7.98. The number of piperidine rings is 1. The Labute approximate surface area is 165 Å². The summed E-state index contributed by atoms with van der Waals surface area (Å²) in [7, 11) is 0. The van der Waals surface area contributed by atoms with Crippen LogP contribution >= 0.6 is 11.8 Å². The molecule has 1 spiro atoms. The maximum absolute atomic E-state index is 13.1. The monoisotopic (exact) mass is 392 g/mol. The van der Waals surface area contributed by atoms with Gasteiger partial charge in [-0.3, -0.25) is 9.59 Å². The van der Waals surface area contributed by atoms with E-state index < -0.39 is 11.8 Å². The summed E-state index contributed by atoms with van der Waals surface area (Å²) < 4.78 is 11.5. The van der Waals surface area contributed by atoms with Crippen molar-refractivity contribution in [3.63, 3.8) is 0 Å². The summed E-state index contributed by atoms with van der Waals surface area (Å²) in [6.45, 7) is 4.38. The van der Waals surface area contributed by atoms with Crippen LogP contribution in [0.5, 0.6) is 0 Å². The topological polar surface area (TPSA) is 67.9 Å². The number of rotatable bonds is 6. The van der Waals surface area contributed by atoms with Gasteiger partial charge in [0.1, 0.15) is 6.04 Å². The Morgan fingerprint density at radius 3 is 2.59 bits per heavy atom. The first-order chi connectivity index (χ1) is 13.0. The number of aryl methyl sites for hydroxylation is 1. The molecule has 148 valence electrons. The fraction of sp³-hybridized carbons (Fsp3) is 0.600. The van der Waals surface area contributed by atoms with Crippen LogP contribution in [0.1, 0.15) is 35.2 Å². The highest BCUT2D eigenvalue weighted by Gasteiger charge is 2.41. The number of benzene rings is 1. The second-order valence-corrected chi connectivity index (χ2v) is 8.10. The minimum atomic E-state index is -0.509. The summed E-state index contributed by atoms with van der Waals surface area (Å²) >= 11 is 1.67. The van der Waals surface area contributed by atoms with E-state index in [-0.39, 0.29) is 11.8 Å². The van der Waals surface area contributed by atoms with Crippen LogP contribution in [0.4, 0.5) is 0 Å². The molecular weight excluding hydrogens is 364 g/mol. The second-order valence-electron chi connectivity index (χ2n) is 7.11. The van der Waals surface area contributed by atoms with Gasteiger partial charge in [0.05, 0.1) is 13.2 Å². The average molecular weight is 393 g/mol. The molecule has 1 aromatic carbocycles. The first-order valence-electron chi connectivity index (χ1n) is 9.46. The largest absolute Gasteiger partial charge is 0.347 e. The molecule has 0 saturated carbocycles. The van der Waals surface area contributed by atoms with Crippen molar-refractivity contribution in [3.8, 4) is 0 Å². The van der Waals surface area contributed by atoms with Crippen molar-refractivity contribution in [2.75, 3.05) is 38.3 Å². The van der Waals surface area contributed by atoms with Gasteiger partial charge in [-0.05, 0) is 37.5 Å². The minimum absolute atomic E-state index is 0.0158. The van der Waals surface area contributed by atoms with E-state index in [1.165, 1.54) is 0 Å². The predicted molar refractivity (Wildman–Crippen MR) is 106 cm³/mol. The lowest BCUT2D eigenvalue weighted by atomic mass is 10.0. The Kier molecular flexibility index (Phi) is 6.78. The van der Waals surface area contributed by atoms with Crippen LogP contribution in [0.25, 0.3) is 0 Å². The predicted octanol–water partition coefficient (Wildman–Crippen LogP) is 2.21. The SMILES string of the molecule is CSCCC(NC(=O)c1cccc(C)c1)C(=O)N1CCC2(CC1)OCCO2. The van der Waals surface area contributed by atoms with Crippen molar-refractivity contribution in [2.24, 2.45) is 0 Å². The van der Waals surface area contributed by atoms with Crippen molar-refractivity contribution in [1.29, 1.82) is 0 Å². The van der Waals surface area contributed by atoms with E-state index in [0.29, 0.717) is 51.1 Å². The highest BCUT2D eigenvalue weighted by atomic mass is 32.2. The summed E-state index contributed by atoms with van der Waals surface area (Å²) in [5, 5.41) is 2.95. The Hall–Kier alpha value is -1.57. The average Bonchev–Trinajstić information content (AvgIpc) is 3.13. The lowest BCUT2D eigenvalue weighted by Gasteiger charge is -2.38. The van der Waals surface area contributed by atoms with Gasteiger partial charge in [-0.1, -0.05) is 17.7 Å². The first-order valence-corrected chi connectivity index (χ1v) is 10.9. The molecule has 6 nitrogen and oxygen atoms in total. The molecule has 0 aromatic heterocycles. The standard InChI is InChI=1S/C20H28N2O4S/c1-15-4-3-5-16(14-15)18(23)21-17(6-13-27-2)19(24)22-9-7-20(8-10-22)25-11-12-26-20/h3-5,14,17H,6-13H2,1-2H3,(H,21,23). The zero-order valence-electron chi connectivity index (χ0n) is 16.0. The molecule has 1 unspecified atom stereocenters. The smallest absolute Gasteiger partial charge is 0.251 e. The van der Waals surface area contributed by atoms with Gasteiger partial charge in [0.2, 0.25) is 5.91 Å². The molecule has 2 aliphatic rings. The Morgan fingerprint density at radius 2 is 1.96 bits per heavy atom. The number of likely N-dealkylation sites (tertiary alicyclic amines) is 1. The molecule has 1 aromatic rings. The van der Waals surface area contributed by atoms with Crippen LogP contribution in [0.3, 0.4) is 0 Å². The van der Waals surface area contributed by atoms with Crippen LogP contribution in [0.15, 0.2) is 24.3 Å². The zero-order valence-corrected chi connectivity index (χ0v) is 16.8. The van der Waals surface area contributed by atoms with Gasteiger partial charge >= 0.3 is 0 Å². The third-order valence-electron chi connectivity index (χ3n) is 5.14. The Balaban J connectivity index is 1.63. The summed E-state index contributed by atoms with van der Waals surface area (Å²) in [6, 6.07) is 6.91. The summed E-state index contributed by atoms with van der Waals surface area (Å²) in [5.74, 6) is 0.0946. The number of nitrogens with one attached hydrogen (secondary N) is 1. The van der Waals surface area contributed by atoms with Gasteiger partial charge in [0, 0.05) is 31.5 Å². The molecule has 3 rings (SSSR count). The lowest BCUT2D eigenvalue weighted by molar-refractivity contribution is -0.187. The van der Waals surface area contributed by atoms with E-state index in [0.717, 1.165) is 11.3 Å². The maximum atomic E-state index is 13.1. The number of carbonyl (C=O) groups is 2. The molecule has 1 N–H and O–H groups in total. The van der Waals surface area contributed by atoms with Crippen molar-refractivity contribution in [1.82, 2.24) is 10.2 Å². The Bertz CT molecular complexity index is 666. The molecular formula is C20H28N2O4S. The maximum Gasteiger partial charge on any atom is 0.251 e. The molecule has 0 aliphatic carbocycles. The molecule has 27 heavy (non-hydrogen) atoms. The molecule has 2 fully saturated rings. The molecule has 1 atom stereocenters. The molecule has 2 saturated heterocycles. The van der Waals surface area contributed by atoms with Gasteiger partial charge < -0.3 is 19.7 Å². The zero-order chi connectivity index (χ0) is 19.3. The van der Waals surface area contributed by atoms with E-state index in [2.05, 4.69) is 5.32 Å².